The lowest BCUT2D eigenvalue weighted by molar-refractivity contribution is -0.201. The Bertz CT molecular complexity index is 1120. The zero-order chi connectivity index (χ0) is 27.2. The molecule has 36 heavy (non-hydrogen) atoms. The number of carbonyl (C=O) groups excluding carboxylic acids is 4. The summed E-state index contributed by atoms with van der Waals surface area (Å²) in [6.07, 6.45) is 7.91. The highest BCUT2D eigenvalue weighted by Crippen LogP contribution is 2.65. The number of aliphatic hydroxyl groups excluding tert-OH is 2. The Kier molecular flexibility index (Phi) is 7.25. The van der Waals surface area contributed by atoms with Crippen LogP contribution in [0.4, 0.5) is 0 Å². The van der Waals surface area contributed by atoms with Gasteiger partial charge in [-0.15, -0.1) is 0 Å². The first kappa shape index (κ1) is 27.6. The number of rotatable bonds is 9. The zero-order valence-electron chi connectivity index (χ0n) is 21.8. The Morgan fingerprint density at radius 2 is 1.53 bits per heavy atom. The quantitative estimate of drug-likeness (QED) is 0.319. The Balaban J connectivity index is 2.31. The molecular formula is C28H36O8. The molecule has 4 aliphatic rings. The molecule has 3 N–H and O–H groups in total. The minimum Gasteiger partial charge on any atom is -0.511 e. The highest BCUT2D eigenvalue weighted by atomic mass is 16.6. The van der Waals surface area contributed by atoms with Gasteiger partial charge in [0.25, 0.3) is 0 Å². The van der Waals surface area contributed by atoms with Crippen molar-refractivity contribution in [2.24, 2.45) is 23.2 Å². The van der Waals surface area contributed by atoms with Crippen molar-refractivity contribution < 1.29 is 39.2 Å². The molecule has 1 aliphatic heterocycles. The average Bonchev–Trinajstić information content (AvgIpc) is 3.01. The molecule has 0 saturated heterocycles. The van der Waals surface area contributed by atoms with Gasteiger partial charge in [-0.1, -0.05) is 24.3 Å². The molecular weight excluding hydrogens is 464 g/mol. The van der Waals surface area contributed by atoms with E-state index in [0.717, 1.165) is 0 Å². The summed E-state index contributed by atoms with van der Waals surface area (Å²) in [5, 5.41) is 34.0. The number of fused-ring (bicyclic) bond motifs is 2. The Hall–Kier alpha value is -3.00. The van der Waals surface area contributed by atoms with Crippen molar-refractivity contribution in [3.63, 3.8) is 0 Å². The van der Waals surface area contributed by atoms with E-state index < -0.39 is 69.2 Å². The molecule has 1 fully saturated rings. The number of ketones is 3. The first-order valence-electron chi connectivity index (χ1n) is 12.4. The first-order chi connectivity index (χ1) is 16.7. The summed E-state index contributed by atoms with van der Waals surface area (Å²) >= 11 is 0. The van der Waals surface area contributed by atoms with E-state index in [9.17, 15) is 34.5 Å². The number of hydrogen-bond donors (Lipinski definition) is 3. The molecule has 0 spiro atoms. The standard InChI is InChI=1S/C28H36O8/c1-7-9-11-13-16(29)18-20-21(28(6)22(31)15(3)24(33)36-28)19(17(30)14-12-10-8-2)26(4,23(18)32)25(34)27(20,5)35/h7-10,19-21,31-32,35H,11-14H2,1-6H3/t19?,20?,21-,26-,27+,28+/m1/s1. The predicted molar refractivity (Wildman–Crippen MR) is 132 cm³/mol. The third kappa shape index (κ3) is 3.77. The molecule has 0 aromatic heterocycles. The number of carbonyl (C=O) groups is 4. The summed E-state index contributed by atoms with van der Waals surface area (Å²) in [6.45, 7) is 9.03. The van der Waals surface area contributed by atoms with Crippen molar-refractivity contribution in [1.82, 2.24) is 0 Å². The monoisotopic (exact) mass is 500 g/mol. The van der Waals surface area contributed by atoms with Gasteiger partial charge in [0.2, 0.25) is 0 Å². The van der Waals surface area contributed by atoms with Gasteiger partial charge >= 0.3 is 5.97 Å². The largest absolute Gasteiger partial charge is 0.511 e. The van der Waals surface area contributed by atoms with Crippen molar-refractivity contribution in [1.29, 1.82) is 0 Å². The van der Waals surface area contributed by atoms with Crippen molar-refractivity contribution in [2.45, 2.75) is 78.4 Å². The molecule has 1 heterocycles. The lowest BCUT2D eigenvalue weighted by Gasteiger charge is -2.60. The summed E-state index contributed by atoms with van der Waals surface area (Å²) < 4.78 is 5.63. The second kappa shape index (κ2) is 9.47. The minimum atomic E-state index is -2.16. The molecule has 8 nitrogen and oxygen atoms in total. The van der Waals surface area contributed by atoms with E-state index in [4.69, 9.17) is 4.74 Å². The Morgan fingerprint density at radius 1 is 0.972 bits per heavy atom. The molecule has 1 saturated carbocycles. The van der Waals surface area contributed by atoms with Crippen LogP contribution in [0.5, 0.6) is 0 Å². The molecule has 0 aromatic rings. The number of hydrogen-bond acceptors (Lipinski definition) is 8. The summed E-state index contributed by atoms with van der Waals surface area (Å²) in [5.41, 5.74) is -6.11. The third-order valence-corrected chi connectivity index (χ3v) is 8.22. The van der Waals surface area contributed by atoms with Crippen LogP contribution in [0.1, 0.15) is 67.2 Å². The fourth-order valence-electron chi connectivity index (χ4n) is 6.39. The van der Waals surface area contributed by atoms with E-state index in [2.05, 4.69) is 0 Å². The molecule has 0 radical (unpaired) electrons. The maximum absolute atomic E-state index is 13.7. The van der Waals surface area contributed by atoms with Crippen molar-refractivity contribution in [3.05, 3.63) is 47.0 Å². The summed E-state index contributed by atoms with van der Waals surface area (Å²) in [6, 6.07) is 0. The molecule has 196 valence electrons. The Labute approximate surface area is 211 Å². The first-order valence-corrected chi connectivity index (χ1v) is 12.4. The SMILES string of the molecule is CC=CCCC(=O)C1=C(O)[C@]2(C)C(=O)[C@@](C)(O)C1[C@H]([C@]1(C)OC(=O)C(C)=C1O)C2C(=O)CCC=CC. The van der Waals surface area contributed by atoms with Crippen molar-refractivity contribution >= 4 is 23.3 Å². The van der Waals surface area contributed by atoms with E-state index in [0.29, 0.717) is 12.8 Å². The second-order valence-corrected chi connectivity index (χ2v) is 10.5. The van der Waals surface area contributed by atoms with Gasteiger partial charge in [-0.2, -0.15) is 0 Å². The van der Waals surface area contributed by atoms with Crippen LogP contribution in [0.15, 0.2) is 47.0 Å². The topological polar surface area (TPSA) is 138 Å². The van der Waals surface area contributed by atoms with Crippen LogP contribution in [0, 0.1) is 23.2 Å². The van der Waals surface area contributed by atoms with Crippen LogP contribution in [0.3, 0.4) is 0 Å². The van der Waals surface area contributed by atoms with Crippen LogP contribution in [-0.4, -0.2) is 49.8 Å². The summed E-state index contributed by atoms with van der Waals surface area (Å²) in [4.78, 5) is 53.3. The molecule has 6 atom stereocenters. The van der Waals surface area contributed by atoms with E-state index >= 15 is 0 Å². The fourth-order valence-corrected chi connectivity index (χ4v) is 6.39. The van der Waals surface area contributed by atoms with Crippen LogP contribution < -0.4 is 0 Å². The van der Waals surface area contributed by atoms with Crippen LogP contribution in [0.2, 0.25) is 0 Å². The molecule has 0 amide bonds. The minimum absolute atomic E-state index is 0.00453. The van der Waals surface area contributed by atoms with Crippen LogP contribution in [-0.2, 0) is 23.9 Å². The molecule has 2 bridgehead atoms. The van der Waals surface area contributed by atoms with Crippen molar-refractivity contribution in [3.8, 4) is 0 Å². The molecule has 8 heteroatoms. The maximum atomic E-state index is 13.7. The second-order valence-electron chi connectivity index (χ2n) is 10.5. The molecule has 2 unspecified atom stereocenters. The van der Waals surface area contributed by atoms with Gasteiger partial charge in [0.05, 0.1) is 11.0 Å². The number of ether oxygens (including phenoxy) is 1. The highest BCUT2D eigenvalue weighted by Gasteiger charge is 2.75. The lowest BCUT2D eigenvalue weighted by Crippen LogP contribution is -2.72. The Morgan fingerprint density at radius 3 is 2.03 bits per heavy atom. The van der Waals surface area contributed by atoms with Crippen LogP contribution in [0.25, 0.3) is 0 Å². The van der Waals surface area contributed by atoms with Crippen molar-refractivity contribution in [2.75, 3.05) is 0 Å². The highest BCUT2D eigenvalue weighted by molar-refractivity contribution is 6.08. The van der Waals surface area contributed by atoms with E-state index in [1.165, 1.54) is 27.7 Å². The van der Waals surface area contributed by atoms with Gasteiger partial charge in [-0.05, 0) is 54.4 Å². The number of Topliss-reactive ketones (excluding diaryl/α,β-unsaturated/α-hetero) is 3. The maximum Gasteiger partial charge on any atom is 0.338 e. The van der Waals surface area contributed by atoms with Gasteiger partial charge in [0, 0.05) is 36.2 Å². The predicted octanol–water partition coefficient (Wildman–Crippen LogP) is 4.00. The molecule has 4 rings (SSSR count). The zero-order valence-corrected chi connectivity index (χ0v) is 21.8. The molecule has 0 aromatic carbocycles. The number of allylic oxidation sites excluding steroid dienone is 5. The summed E-state index contributed by atoms with van der Waals surface area (Å²) in [7, 11) is 0. The third-order valence-electron chi connectivity index (χ3n) is 8.22. The smallest absolute Gasteiger partial charge is 0.338 e. The van der Waals surface area contributed by atoms with E-state index in [1.54, 1.807) is 31.2 Å². The summed E-state index contributed by atoms with van der Waals surface area (Å²) in [5.74, 6) is -7.19. The number of cyclic esters (lactones) is 1. The van der Waals surface area contributed by atoms with Crippen LogP contribution >= 0.6 is 0 Å². The number of aliphatic hydroxyl groups is 3. The lowest BCUT2D eigenvalue weighted by atomic mass is 9.42. The van der Waals surface area contributed by atoms with Gasteiger partial charge in [-0.3, -0.25) is 14.4 Å². The van der Waals surface area contributed by atoms with E-state index in [-0.39, 0.29) is 24.0 Å². The van der Waals surface area contributed by atoms with E-state index in [1.807, 2.05) is 6.92 Å². The van der Waals surface area contributed by atoms with Gasteiger partial charge in [0.15, 0.2) is 17.2 Å². The molecule has 3 aliphatic carbocycles. The van der Waals surface area contributed by atoms with Gasteiger partial charge < -0.3 is 20.1 Å². The van der Waals surface area contributed by atoms with Gasteiger partial charge in [0.1, 0.15) is 22.9 Å². The fraction of sp³-hybridized carbons (Fsp3) is 0.571. The normalized spacial score (nSPS) is 36.5. The average molecular weight is 501 g/mol. The van der Waals surface area contributed by atoms with Gasteiger partial charge in [-0.25, -0.2) is 4.79 Å². The number of esters is 1.